The van der Waals surface area contributed by atoms with Crippen LogP contribution in [0.5, 0.6) is 0 Å². The minimum absolute atomic E-state index is 0.0101. The van der Waals surface area contributed by atoms with Crippen LogP contribution in [0.2, 0.25) is 10.0 Å². The van der Waals surface area contributed by atoms with Crippen molar-refractivity contribution in [1.29, 1.82) is 0 Å². The van der Waals surface area contributed by atoms with Gasteiger partial charge in [0.25, 0.3) is 5.91 Å². The molecule has 0 saturated carbocycles. The molecule has 3 aromatic rings. The Labute approximate surface area is 190 Å². The molecule has 3 aromatic carbocycles. The molecule has 0 heterocycles. The van der Waals surface area contributed by atoms with Crippen LogP contribution in [0.15, 0.2) is 65.6 Å². The van der Waals surface area contributed by atoms with E-state index in [0.29, 0.717) is 16.3 Å². The summed E-state index contributed by atoms with van der Waals surface area (Å²) in [6.07, 6.45) is 0.864. The molecule has 0 radical (unpaired) electrons. The van der Waals surface area contributed by atoms with Gasteiger partial charge in [0, 0.05) is 17.8 Å². The van der Waals surface area contributed by atoms with Crippen LogP contribution >= 0.6 is 23.2 Å². The summed E-state index contributed by atoms with van der Waals surface area (Å²) in [5.74, 6) is -1.52. The first-order valence-corrected chi connectivity index (χ1v) is 11.6. The predicted octanol–water partition coefficient (Wildman–Crippen LogP) is 5.43. The Bertz CT molecular complexity index is 1220. The number of aryl methyl sites for hydroxylation is 1. The lowest BCUT2D eigenvalue weighted by Crippen LogP contribution is -2.25. The molecule has 31 heavy (non-hydrogen) atoms. The van der Waals surface area contributed by atoms with Gasteiger partial charge in [-0.25, -0.2) is 17.5 Å². The lowest BCUT2D eigenvalue weighted by molar-refractivity contribution is 0.102. The zero-order valence-corrected chi connectivity index (χ0v) is 18.8. The minimum Gasteiger partial charge on any atom is -0.322 e. The number of benzene rings is 3. The zero-order valence-electron chi connectivity index (χ0n) is 16.5. The van der Waals surface area contributed by atoms with Crippen molar-refractivity contribution in [3.8, 4) is 0 Å². The molecule has 2 N–H and O–H groups in total. The van der Waals surface area contributed by atoms with Gasteiger partial charge in [-0.05, 0) is 60.0 Å². The van der Waals surface area contributed by atoms with Crippen LogP contribution in [-0.2, 0) is 23.0 Å². The fraction of sp³-hybridized carbons (Fsp3) is 0.136. The third kappa shape index (κ3) is 5.83. The van der Waals surface area contributed by atoms with Gasteiger partial charge in [-0.15, -0.1) is 0 Å². The molecule has 0 aliphatic carbocycles. The van der Waals surface area contributed by atoms with E-state index >= 15 is 0 Å². The summed E-state index contributed by atoms with van der Waals surface area (Å²) in [6, 6.07) is 15.1. The molecule has 0 bridgehead atoms. The predicted molar refractivity (Wildman–Crippen MR) is 121 cm³/mol. The van der Waals surface area contributed by atoms with Crippen LogP contribution in [0.4, 0.5) is 10.1 Å². The van der Waals surface area contributed by atoms with E-state index in [2.05, 4.69) is 10.0 Å². The number of hydrogen-bond donors (Lipinski definition) is 2. The Hall–Kier alpha value is -2.45. The molecular formula is C22H19Cl2FN2O3S. The number of sulfonamides is 1. The molecule has 0 spiro atoms. The fourth-order valence-electron chi connectivity index (χ4n) is 2.78. The standard InChI is InChI=1S/C22H19Cl2FN2O3S/c1-2-14-3-7-17(8-4-14)27-22(28)16-6-10-20(25)21(12-16)31(29,30)26-13-15-5-9-18(23)19(24)11-15/h3-12,26H,2,13H2,1H3,(H,27,28). The molecule has 0 aromatic heterocycles. The van der Waals surface area contributed by atoms with Crippen LogP contribution in [0.1, 0.15) is 28.4 Å². The first-order valence-electron chi connectivity index (χ1n) is 9.33. The lowest BCUT2D eigenvalue weighted by Gasteiger charge is -2.11. The molecule has 0 saturated heterocycles. The highest BCUT2D eigenvalue weighted by Gasteiger charge is 2.21. The van der Waals surface area contributed by atoms with Crippen LogP contribution in [-0.4, -0.2) is 14.3 Å². The number of rotatable bonds is 7. The van der Waals surface area contributed by atoms with Gasteiger partial charge in [-0.3, -0.25) is 4.79 Å². The Kier molecular flexibility index (Phi) is 7.33. The van der Waals surface area contributed by atoms with E-state index < -0.39 is 26.6 Å². The molecule has 1 amide bonds. The lowest BCUT2D eigenvalue weighted by atomic mass is 10.1. The molecule has 0 fully saturated rings. The Balaban J connectivity index is 1.78. The quantitative estimate of drug-likeness (QED) is 0.473. The highest BCUT2D eigenvalue weighted by Crippen LogP contribution is 2.23. The minimum atomic E-state index is -4.23. The summed E-state index contributed by atoms with van der Waals surface area (Å²) >= 11 is 11.8. The molecule has 9 heteroatoms. The van der Waals surface area contributed by atoms with Gasteiger partial charge in [-0.2, -0.15) is 0 Å². The van der Waals surface area contributed by atoms with Gasteiger partial charge in [0.2, 0.25) is 10.0 Å². The van der Waals surface area contributed by atoms with E-state index in [9.17, 15) is 17.6 Å². The van der Waals surface area contributed by atoms with Gasteiger partial charge < -0.3 is 5.32 Å². The maximum absolute atomic E-state index is 14.3. The SMILES string of the molecule is CCc1ccc(NC(=O)c2ccc(F)c(S(=O)(=O)NCc3ccc(Cl)c(Cl)c3)c2)cc1. The first kappa shape index (κ1) is 23.2. The summed E-state index contributed by atoms with van der Waals surface area (Å²) < 4.78 is 41.9. The largest absolute Gasteiger partial charge is 0.322 e. The number of hydrogen-bond acceptors (Lipinski definition) is 3. The maximum Gasteiger partial charge on any atom is 0.255 e. The Morgan fingerprint density at radius 2 is 1.61 bits per heavy atom. The number of anilines is 1. The Morgan fingerprint density at radius 1 is 0.935 bits per heavy atom. The molecule has 0 atom stereocenters. The number of halogens is 3. The molecule has 0 aliphatic rings. The van der Waals surface area contributed by atoms with Gasteiger partial charge in [-0.1, -0.05) is 48.3 Å². The molecular weight excluding hydrogens is 462 g/mol. The van der Waals surface area contributed by atoms with E-state index in [1.54, 1.807) is 18.2 Å². The van der Waals surface area contributed by atoms with Crippen LogP contribution in [0.3, 0.4) is 0 Å². The highest BCUT2D eigenvalue weighted by molar-refractivity contribution is 7.89. The van der Waals surface area contributed by atoms with Crippen molar-refractivity contribution < 1.29 is 17.6 Å². The maximum atomic E-state index is 14.3. The fourth-order valence-corrected chi connectivity index (χ4v) is 4.22. The second-order valence-electron chi connectivity index (χ2n) is 6.72. The van der Waals surface area contributed by atoms with Crippen molar-refractivity contribution in [2.45, 2.75) is 24.8 Å². The topological polar surface area (TPSA) is 75.3 Å². The van der Waals surface area contributed by atoms with Gasteiger partial charge >= 0.3 is 0 Å². The van der Waals surface area contributed by atoms with Crippen molar-refractivity contribution in [3.63, 3.8) is 0 Å². The third-order valence-electron chi connectivity index (χ3n) is 4.55. The van der Waals surface area contributed by atoms with E-state index in [4.69, 9.17) is 23.2 Å². The average Bonchev–Trinajstić information content (AvgIpc) is 2.75. The van der Waals surface area contributed by atoms with Crippen molar-refractivity contribution in [2.24, 2.45) is 0 Å². The Morgan fingerprint density at radius 3 is 2.26 bits per heavy atom. The van der Waals surface area contributed by atoms with E-state index in [0.717, 1.165) is 24.1 Å². The molecule has 5 nitrogen and oxygen atoms in total. The molecule has 162 valence electrons. The van der Waals surface area contributed by atoms with Gasteiger partial charge in [0.1, 0.15) is 10.7 Å². The number of nitrogens with one attached hydrogen (secondary N) is 2. The zero-order chi connectivity index (χ0) is 22.6. The second kappa shape index (κ2) is 9.78. The van der Waals surface area contributed by atoms with Crippen LogP contribution in [0, 0.1) is 5.82 Å². The molecule has 3 rings (SSSR count). The van der Waals surface area contributed by atoms with Crippen LogP contribution in [0.25, 0.3) is 0 Å². The number of carbonyl (C=O) groups excluding carboxylic acids is 1. The smallest absolute Gasteiger partial charge is 0.255 e. The summed E-state index contributed by atoms with van der Waals surface area (Å²) in [5.41, 5.74) is 2.22. The summed E-state index contributed by atoms with van der Waals surface area (Å²) in [5, 5.41) is 3.28. The van der Waals surface area contributed by atoms with E-state index in [1.807, 2.05) is 19.1 Å². The first-order chi connectivity index (χ1) is 14.7. The monoisotopic (exact) mass is 480 g/mol. The van der Waals surface area contributed by atoms with Gasteiger partial charge in [0.15, 0.2) is 0 Å². The normalized spacial score (nSPS) is 11.4. The number of amides is 1. The number of carbonyl (C=O) groups is 1. The highest BCUT2D eigenvalue weighted by atomic mass is 35.5. The van der Waals surface area contributed by atoms with Gasteiger partial charge in [0.05, 0.1) is 10.0 Å². The van der Waals surface area contributed by atoms with Crippen LogP contribution < -0.4 is 10.0 Å². The van der Waals surface area contributed by atoms with Crippen molar-refractivity contribution in [2.75, 3.05) is 5.32 Å². The summed E-state index contributed by atoms with van der Waals surface area (Å²) in [4.78, 5) is 11.9. The van der Waals surface area contributed by atoms with Crippen molar-refractivity contribution in [1.82, 2.24) is 4.72 Å². The van der Waals surface area contributed by atoms with E-state index in [1.165, 1.54) is 18.2 Å². The second-order valence-corrected chi connectivity index (χ2v) is 9.27. The van der Waals surface area contributed by atoms with Crippen molar-refractivity contribution >= 4 is 44.8 Å². The molecule has 0 aliphatic heterocycles. The molecule has 0 unspecified atom stereocenters. The summed E-state index contributed by atoms with van der Waals surface area (Å²) in [6.45, 7) is 1.89. The average molecular weight is 481 g/mol. The van der Waals surface area contributed by atoms with Crippen molar-refractivity contribution in [3.05, 3.63) is 93.2 Å². The van der Waals surface area contributed by atoms with E-state index in [-0.39, 0.29) is 17.1 Å². The summed E-state index contributed by atoms with van der Waals surface area (Å²) in [7, 11) is -4.23. The third-order valence-corrected chi connectivity index (χ3v) is 6.71.